The summed E-state index contributed by atoms with van der Waals surface area (Å²) in [7, 11) is 0. The Hall–Kier alpha value is -0.780. The van der Waals surface area contributed by atoms with Crippen molar-refractivity contribution in [2.45, 2.75) is 60.3 Å². The van der Waals surface area contributed by atoms with Gasteiger partial charge in [-0.05, 0) is 43.7 Å². The summed E-state index contributed by atoms with van der Waals surface area (Å²) >= 11 is 0. The van der Waals surface area contributed by atoms with Gasteiger partial charge in [-0.15, -0.1) is 0 Å². The first kappa shape index (κ1) is 14.3. The molecule has 1 aliphatic rings. The number of hydrogen-bond acceptors (Lipinski definition) is 0. The maximum absolute atomic E-state index is 2.37. The molecular formula is C17H28. The molecule has 1 fully saturated rings. The zero-order chi connectivity index (χ0) is 12.8. The van der Waals surface area contributed by atoms with E-state index in [0.717, 1.165) is 11.8 Å². The van der Waals surface area contributed by atoms with Crippen LogP contribution in [-0.4, -0.2) is 0 Å². The van der Waals surface area contributed by atoms with Crippen LogP contribution in [0.25, 0.3) is 0 Å². The maximum Gasteiger partial charge on any atom is -0.0395 e. The molecule has 0 radical (unpaired) electrons. The quantitative estimate of drug-likeness (QED) is 0.558. The zero-order valence-electron chi connectivity index (χ0n) is 12.2. The standard InChI is InChI=1S/C9H12.C8H16/c1-7-4-5-8(2)9(3)6-7;1-7-3-5-8(2)6-4-7/h4-6H,1-3H3;7-8H,3-6H2,1-2H3. The average Bonchev–Trinajstić information content (AvgIpc) is 2.29. The van der Waals surface area contributed by atoms with E-state index in [-0.39, 0.29) is 0 Å². The molecule has 1 aliphatic carbocycles. The highest BCUT2D eigenvalue weighted by molar-refractivity contribution is 5.28. The third-order valence-electron chi connectivity index (χ3n) is 3.97. The second-order valence-electron chi connectivity index (χ2n) is 5.95. The Bertz CT molecular complexity index is 320. The third kappa shape index (κ3) is 5.39. The predicted octanol–water partition coefficient (Wildman–Crippen LogP) is 5.44. The van der Waals surface area contributed by atoms with Gasteiger partial charge < -0.3 is 0 Å². The van der Waals surface area contributed by atoms with E-state index in [4.69, 9.17) is 0 Å². The van der Waals surface area contributed by atoms with Crippen molar-refractivity contribution in [3.05, 3.63) is 34.9 Å². The van der Waals surface area contributed by atoms with Crippen molar-refractivity contribution in [2.75, 3.05) is 0 Å². The van der Waals surface area contributed by atoms with Gasteiger partial charge in [-0.25, -0.2) is 0 Å². The lowest BCUT2D eigenvalue weighted by atomic mass is 9.84. The maximum atomic E-state index is 2.37. The van der Waals surface area contributed by atoms with Gasteiger partial charge in [0.2, 0.25) is 0 Å². The van der Waals surface area contributed by atoms with Gasteiger partial charge in [0.15, 0.2) is 0 Å². The van der Waals surface area contributed by atoms with E-state index in [1.807, 2.05) is 0 Å². The fourth-order valence-corrected chi connectivity index (χ4v) is 2.32. The van der Waals surface area contributed by atoms with E-state index in [9.17, 15) is 0 Å². The molecule has 0 unspecified atom stereocenters. The molecule has 0 atom stereocenters. The normalized spacial score (nSPS) is 23.8. The molecule has 1 aromatic rings. The molecule has 0 saturated heterocycles. The smallest absolute Gasteiger partial charge is 0.0395 e. The topological polar surface area (TPSA) is 0 Å². The molecule has 0 amide bonds. The van der Waals surface area contributed by atoms with Crippen molar-refractivity contribution in [3.8, 4) is 0 Å². The van der Waals surface area contributed by atoms with E-state index in [1.54, 1.807) is 0 Å². The van der Waals surface area contributed by atoms with Gasteiger partial charge in [-0.3, -0.25) is 0 Å². The summed E-state index contributed by atoms with van der Waals surface area (Å²) in [5.74, 6) is 2.04. The summed E-state index contributed by atoms with van der Waals surface area (Å²) in [6.07, 6.45) is 5.89. The largest absolute Gasteiger partial charge is 0.0625 e. The van der Waals surface area contributed by atoms with E-state index in [1.165, 1.54) is 42.4 Å². The minimum Gasteiger partial charge on any atom is -0.0625 e. The van der Waals surface area contributed by atoms with Gasteiger partial charge in [0.05, 0.1) is 0 Å². The molecule has 17 heavy (non-hydrogen) atoms. The van der Waals surface area contributed by atoms with Crippen molar-refractivity contribution in [1.29, 1.82) is 0 Å². The highest BCUT2D eigenvalue weighted by Gasteiger charge is 2.13. The Kier molecular flexibility index (Phi) is 5.74. The molecule has 1 saturated carbocycles. The molecule has 0 N–H and O–H groups in total. The van der Waals surface area contributed by atoms with Crippen LogP contribution in [0.2, 0.25) is 0 Å². The van der Waals surface area contributed by atoms with Gasteiger partial charge in [-0.2, -0.15) is 0 Å². The molecule has 96 valence electrons. The van der Waals surface area contributed by atoms with Crippen LogP contribution in [0.5, 0.6) is 0 Å². The number of aryl methyl sites for hydroxylation is 3. The Morgan fingerprint density at radius 3 is 1.59 bits per heavy atom. The van der Waals surface area contributed by atoms with E-state index in [2.05, 4.69) is 52.8 Å². The van der Waals surface area contributed by atoms with E-state index < -0.39 is 0 Å². The summed E-state index contributed by atoms with van der Waals surface area (Å²) < 4.78 is 0. The minimum absolute atomic E-state index is 1.02. The van der Waals surface area contributed by atoms with E-state index in [0.29, 0.717) is 0 Å². The molecular weight excluding hydrogens is 204 g/mol. The molecule has 1 aromatic carbocycles. The molecule has 2 rings (SSSR count). The van der Waals surface area contributed by atoms with Crippen molar-refractivity contribution in [2.24, 2.45) is 11.8 Å². The Balaban J connectivity index is 0.000000171. The van der Waals surface area contributed by atoms with Crippen LogP contribution in [0.1, 0.15) is 56.2 Å². The molecule has 0 nitrogen and oxygen atoms in total. The van der Waals surface area contributed by atoms with Crippen molar-refractivity contribution in [1.82, 2.24) is 0 Å². The van der Waals surface area contributed by atoms with Gasteiger partial charge >= 0.3 is 0 Å². The highest BCUT2D eigenvalue weighted by Crippen LogP contribution is 2.27. The summed E-state index contributed by atoms with van der Waals surface area (Å²) in [6, 6.07) is 6.50. The minimum atomic E-state index is 1.02. The van der Waals surface area contributed by atoms with Crippen LogP contribution in [0.3, 0.4) is 0 Å². The van der Waals surface area contributed by atoms with Gasteiger partial charge in [0.1, 0.15) is 0 Å². The summed E-state index contributed by atoms with van der Waals surface area (Å²) in [6.45, 7) is 11.1. The van der Waals surface area contributed by atoms with Crippen molar-refractivity contribution < 1.29 is 0 Å². The molecule has 0 spiro atoms. The van der Waals surface area contributed by atoms with Gasteiger partial charge in [0.25, 0.3) is 0 Å². The molecule has 0 heteroatoms. The summed E-state index contributed by atoms with van der Waals surface area (Å²) in [5.41, 5.74) is 4.11. The first-order valence-corrected chi connectivity index (χ1v) is 7.03. The average molecular weight is 232 g/mol. The van der Waals surface area contributed by atoms with Crippen LogP contribution in [0.15, 0.2) is 18.2 Å². The van der Waals surface area contributed by atoms with Crippen LogP contribution in [-0.2, 0) is 0 Å². The predicted molar refractivity (Wildman–Crippen MR) is 77.4 cm³/mol. The van der Waals surface area contributed by atoms with Crippen LogP contribution in [0, 0.1) is 32.6 Å². The fourth-order valence-electron chi connectivity index (χ4n) is 2.32. The third-order valence-corrected chi connectivity index (χ3v) is 3.97. The second kappa shape index (κ2) is 6.83. The molecule has 0 aromatic heterocycles. The first-order chi connectivity index (χ1) is 7.99. The second-order valence-corrected chi connectivity index (χ2v) is 5.95. The lowest BCUT2D eigenvalue weighted by Crippen LogP contribution is -2.08. The van der Waals surface area contributed by atoms with Crippen molar-refractivity contribution >= 4 is 0 Å². The molecule has 0 bridgehead atoms. The lowest BCUT2D eigenvalue weighted by Gasteiger charge is -2.22. The van der Waals surface area contributed by atoms with Crippen LogP contribution >= 0.6 is 0 Å². The number of rotatable bonds is 0. The Morgan fingerprint density at radius 1 is 0.765 bits per heavy atom. The SMILES string of the molecule is CC1CCC(C)CC1.Cc1ccc(C)c(C)c1. The van der Waals surface area contributed by atoms with Crippen LogP contribution in [0.4, 0.5) is 0 Å². The highest BCUT2D eigenvalue weighted by atomic mass is 14.2. The van der Waals surface area contributed by atoms with Gasteiger partial charge in [0, 0.05) is 0 Å². The first-order valence-electron chi connectivity index (χ1n) is 7.03. The van der Waals surface area contributed by atoms with Crippen LogP contribution < -0.4 is 0 Å². The Morgan fingerprint density at radius 2 is 1.24 bits per heavy atom. The lowest BCUT2D eigenvalue weighted by molar-refractivity contribution is 0.308. The summed E-state index contributed by atoms with van der Waals surface area (Å²) in [5, 5.41) is 0. The zero-order valence-corrected chi connectivity index (χ0v) is 12.2. The Labute approximate surface area is 107 Å². The fraction of sp³-hybridized carbons (Fsp3) is 0.647. The number of hydrogen-bond donors (Lipinski definition) is 0. The van der Waals surface area contributed by atoms with Gasteiger partial charge in [-0.1, -0.05) is 63.3 Å². The van der Waals surface area contributed by atoms with Crippen molar-refractivity contribution in [3.63, 3.8) is 0 Å². The van der Waals surface area contributed by atoms with E-state index >= 15 is 0 Å². The number of benzene rings is 1. The molecule has 0 aliphatic heterocycles. The monoisotopic (exact) mass is 232 g/mol. The molecule has 0 heterocycles. The summed E-state index contributed by atoms with van der Waals surface area (Å²) in [4.78, 5) is 0.